The predicted octanol–water partition coefficient (Wildman–Crippen LogP) is 5.06. The van der Waals surface area contributed by atoms with Crippen LogP contribution in [0.3, 0.4) is 0 Å². The summed E-state index contributed by atoms with van der Waals surface area (Å²) in [5.74, 6) is -0.390. The Morgan fingerprint density at radius 2 is 1.74 bits per heavy atom. The van der Waals surface area contributed by atoms with Crippen molar-refractivity contribution in [2.45, 2.75) is 0 Å². The molecular weight excluding hydrogens is 420 g/mol. The number of carbonyl (C=O) groups is 2. The van der Waals surface area contributed by atoms with Crippen molar-refractivity contribution in [2.24, 2.45) is 0 Å². The molecule has 7 nitrogen and oxygen atoms in total. The average molecular weight is 433 g/mol. The molecule has 0 saturated heterocycles. The third-order valence-corrected chi connectivity index (χ3v) is 4.99. The van der Waals surface area contributed by atoms with E-state index in [0.717, 1.165) is 6.07 Å². The van der Waals surface area contributed by atoms with Gasteiger partial charge in [-0.3, -0.25) is 14.4 Å². The molecule has 2 N–H and O–H groups in total. The number of hydrogen-bond donors (Lipinski definition) is 2. The van der Waals surface area contributed by atoms with Crippen molar-refractivity contribution in [3.8, 4) is 11.5 Å². The molecule has 4 aromatic rings. The second kappa shape index (κ2) is 7.30. The van der Waals surface area contributed by atoms with Gasteiger partial charge in [0.1, 0.15) is 11.3 Å². The molecule has 5 rings (SSSR count). The van der Waals surface area contributed by atoms with E-state index in [9.17, 15) is 14.4 Å². The molecule has 0 fully saturated rings. The van der Waals surface area contributed by atoms with E-state index in [1.165, 1.54) is 6.07 Å². The lowest BCUT2D eigenvalue weighted by atomic mass is 10.1. The molecule has 3 aromatic carbocycles. The Kier molecular flexibility index (Phi) is 4.45. The van der Waals surface area contributed by atoms with Crippen LogP contribution in [-0.2, 0) is 0 Å². The zero-order valence-electron chi connectivity index (χ0n) is 15.8. The molecule has 0 unspecified atom stereocenters. The van der Waals surface area contributed by atoms with Gasteiger partial charge in [0.2, 0.25) is 0 Å². The molecule has 0 atom stereocenters. The summed E-state index contributed by atoms with van der Waals surface area (Å²) in [6, 6.07) is 17.3. The first-order valence-corrected chi connectivity index (χ1v) is 9.63. The topological polar surface area (TPSA) is 97.6 Å². The van der Waals surface area contributed by atoms with Crippen LogP contribution in [0.1, 0.15) is 20.9 Å². The Morgan fingerprint density at radius 1 is 0.935 bits per heavy atom. The summed E-state index contributed by atoms with van der Waals surface area (Å²) in [7, 11) is 0. The van der Waals surface area contributed by atoms with Gasteiger partial charge in [0, 0.05) is 16.8 Å². The number of hydrogen-bond acceptors (Lipinski definition) is 5. The number of halogens is 1. The van der Waals surface area contributed by atoms with E-state index in [2.05, 4.69) is 10.6 Å². The molecule has 8 heteroatoms. The van der Waals surface area contributed by atoms with Crippen LogP contribution in [0.2, 0.25) is 5.02 Å². The maximum Gasteiger partial charge on any atom is 0.291 e. The maximum atomic E-state index is 12.7. The minimum Gasteiger partial charge on any atom is -0.454 e. The van der Waals surface area contributed by atoms with Crippen LogP contribution >= 0.6 is 11.6 Å². The van der Waals surface area contributed by atoms with Crippen LogP contribution in [0.4, 0.5) is 11.4 Å². The van der Waals surface area contributed by atoms with Crippen molar-refractivity contribution in [1.29, 1.82) is 0 Å². The number of carbonyl (C=O) groups excluding carboxylic acids is 2. The zero-order chi connectivity index (χ0) is 21.5. The van der Waals surface area contributed by atoms with Crippen LogP contribution in [0, 0.1) is 0 Å². The van der Waals surface area contributed by atoms with Gasteiger partial charge in [-0.05, 0) is 48.5 Å². The van der Waals surface area contributed by atoms with Crippen molar-refractivity contribution in [2.75, 3.05) is 10.6 Å². The fraction of sp³-hybridized carbons (Fsp3) is 0. The summed E-state index contributed by atoms with van der Waals surface area (Å²) >= 11 is 5.99. The molecule has 152 valence electrons. The summed E-state index contributed by atoms with van der Waals surface area (Å²) in [5.41, 5.74) is 0.994. The molecule has 31 heavy (non-hydrogen) atoms. The third-order valence-electron chi connectivity index (χ3n) is 4.75. The van der Waals surface area contributed by atoms with Gasteiger partial charge in [-0.1, -0.05) is 23.7 Å². The average Bonchev–Trinajstić information content (AvgIpc) is 2.89. The van der Waals surface area contributed by atoms with Crippen molar-refractivity contribution in [3.63, 3.8) is 0 Å². The number of rotatable bonds is 2. The molecule has 1 aliphatic heterocycles. The molecule has 0 saturated carbocycles. The lowest BCUT2D eigenvalue weighted by Crippen LogP contribution is -2.16. The highest BCUT2D eigenvalue weighted by atomic mass is 35.5. The first-order valence-electron chi connectivity index (χ1n) is 9.25. The van der Waals surface area contributed by atoms with E-state index >= 15 is 0 Å². The fourth-order valence-electron chi connectivity index (χ4n) is 3.28. The molecule has 0 spiro atoms. The van der Waals surface area contributed by atoms with Crippen molar-refractivity contribution < 1.29 is 18.7 Å². The summed E-state index contributed by atoms with van der Waals surface area (Å²) in [6.45, 7) is 0. The lowest BCUT2D eigenvalue weighted by Gasteiger charge is -2.10. The highest BCUT2D eigenvalue weighted by Gasteiger charge is 2.22. The Hall–Kier alpha value is -4.10. The SMILES string of the molecule is O=C(Nc1ccc2c(c1)C(=O)Nc1cc(Cl)ccc1O2)c1cc(=O)c2ccccc2o1. The van der Waals surface area contributed by atoms with Gasteiger partial charge in [-0.15, -0.1) is 0 Å². The van der Waals surface area contributed by atoms with Crippen LogP contribution < -0.4 is 20.8 Å². The van der Waals surface area contributed by atoms with Gasteiger partial charge in [0.15, 0.2) is 16.9 Å². The van der Waals surface area contributed by atoms with E-state index in [-0.39, 0.29) is 16.8 Å². The highest BCUT2D eigenvalue weighted by molar-refractivity contribution is 6.31. The smallest absolute Gasteiger partial charge is 0.291 e. The van der Waals surface area contributed by atoms with E-state index in [4.69, 9.17) is 20.8 Å². The Morgan fingerprint density at radius 3 is 2.61 bits per heavy atom. The zero-order valence-corrected chi connectivity index (χ0v) is 16.5. The summed E-state index contributed by atoms with van der Waals surface area (Å²) in [6.07, 6.45) is 0. The summed E-state index contributed by atoms with van der Waals surface area (Å²) < 4.78 is 11.4. The third kappa shape index (κ3) is 3.51. The van der Waals surface area contributed by atoms with Gasteiger partial charge in [0.05, 0.1) is 16.6 Å². The van der Waals surface area contributed by atoms with Crippen molar-refractivity contribution >= 4 is 45.8 Å². The molecule has 0 radical (unpaired) electrons. The van der Waals surface area contributed by atoms with E-state index in [1.807, 2.05) is 0 Å². The van der Waals surface area contributed by atoms with Gasteiger partial charge >= 0.3 is 0 Å². The molecule has 2 heterocycles. The predicted molar refractivity (Wildman–Crippen MR) is 116 cm³/mol. The first-order chi connectivity index (χ1) is 15.0. The molecule has 1 aromatic heterocycles. The van der Waals surface area contributed by atoms with Crippen LogP contribution in [0.5, 0.6) is 11.5 Å². The van der Waals surface area contributed by atoms with Gasteiger partial charge in [-0.2, -0.15) is 0 Å². The van der Waals surface area contributed by atoms with Crippen molar-refractivity contribution in [3.05, 3.63) is 93.3 Å². The normalized spacial score (nSPS) is 12.2. The number of nitrogens with one attached hydrogen (secondary N) is 2. The molecule has 2 amide bonds. The molecule has 0 bridgehead atoms. The second-order valence-electron chi connectivity index (χ2n) is 6.83. The van der Waals surface area contributed by atoms with Crippen LogP contribution in [-0.4, -0.2) is 11.8 Å². The number of ether oxygens (including phenoxy) is 1. The van der Waals surface area contributed by atoms with Crippen LogP contribution in [0.15, 0.2) is 75.9 Å². The van der Waals surface area contributed by atoms with Gasteiger partial charge < -0.3 is 19.8 Å². The number of para-hydroxylation sites is 1. The number of fused-ring (bicyclic) bond motifs is 3. The minimum absolute atomic E-state index is 0.138. The van der Waals surface area contributed by atoms with E-state index in [0.29, 0.717) is 38.9 Å². The number of benzene rings is 3. The summed E-state index contributed by atoms with van der Waals surface area (Å²) in [4.78, 5) is 37.6. The molecule has 0 aliphatic carbocycles. The molecular formula is C23H13ClN2O5. The van der Waals surface area contributed by atoms with E-state index in [1.54, 1.807) is 54.6 Å². The Labute approximate surface area is 180 Å². The monoisotopic (exact) mass is 432 g/mol. The lowest BCUT2D eigenvalue weighted by molar-refractivity contribution is 0.0993. The maximum absolute atomic E-state index is 12.7. The fourth-order valence-corrected chi connectivity index (χ4v) is 3.45. The van der Waals surface area contributed by atoms with Gasteiger partial charge in [0.25, 0.3) is 11.8 Å². The Balaban J connectivity index is 1.45. The van der Waals surface area contributed by atoms with Gasteiger partial charge in [-0.25, -0.2) is 0 Å². The second-order valence-corrected chi connectivity index (χ2v) is 7.27. The largest absolute Gasteiger partial charge is 0.454 e. The van der Waals surface area contributed by atoms with Crippen molar-refractivity contribution in [1.82, 2.24) is 0 Å². The van der Waals surface area contributed by atoms with E-state index < -0.39 is 11.8 Å². The molecule has 1 aliphatic rings. The standard InChI is InChI=1S/C23H13ClN2O5/c24-12-5-7-20-16(9-12)26-22(28)15-10-13(6-8-19(15)30-20)25-23(29)21-11-17(27)14-3-1-2-4-18(14)31-21/h1-11H,(H,25,29)(H,26,28). The quantitative estimate of drug-likeness (QED) is 0.461. The highest BCUT2D eigenvalue weighted by Crippen LogP contribution is 2.38. The first kappa shape index (κ1) is 18.9. The number of amides is 2. The Bertz CT molecular complexity index is 1440. The minimum atomic E-state index is -0.618. The van der Waals surface area contributed by atoms with Crippen LogP contribution in [0.25, 0.3) is 11.0 Å². The summed E-state index contributed by atoms with van der Waals surface area (Å²) in [5, 5.41) is 6.23. The number of anilines is 2.